The molecule has 1 saturated heterocycles. The van der Waals surface area contributed by atoms with Gasteiger partial charge in [0, 0.05) is 5.02 Å². The lowest BCUT2D eigenvalue weighted by Gasteiger charge is -2.45. The van der Waals surface area contributed by atoms with E-state index >= 15 is 0 Å². The first kappa shape index (κ1) is 20.4. The number of halogens is 1. The van der Waals surface area contributed by atoms with Gasteiger partial charge in [0.2, 0.25) is 5.91 Å². The Kier molecular flexibility index (Phi) is 5.50. The number of sulfonamides is 1. The Morgan fingerprint density at radius 2 is 1.53 bits per heavy atom. The molecule has 0 radical (unpaired) electrons. The minimum atomic E-state index is -3.97. The van der Waals surface area contributed by atoms with Gasteiger partial charge in [0.1, 0.15) is 0 Å². The lowest BCUT2D eigenvalue weighted by Crippen LogP contribution is -2.56. The van der Waals surface area contributed by atoms with Crippen LogP contribution in [0.4, 0.5) is 0 Å². The summed E-state index contributed by atoms with van der Waals surface area (Å²) in [7, 11) is -3.97. The Balaban J connectivity index is 1.72. The van der Waals surface area contributed by atoms with E-state index in [0.29, 0.717) is 5.02 Å². The highest BCUT2D eigenvalue weighted by Crippen LogP contribution is 2.45. The van der Waals surface area contributed by atoms with Crippen molar-refractivity contribution in [1.29, 1.82) is 0 Å². The molecular weight excluding hydrogens is 418 g/mol. The highest BCUT2D eigenvalue weighted by atomic mass is 35.5. The van der Waals surface area contributed by atoms with E-state index in [1.54, 1.807) is 42.5 Å². The Hall–Kier alpha value is -2.89. The van der Waals surface area contributed by atoms with Crippen molar-refractivity contribution in [1.82, 2.24) is 4.31 Å². The number of hydrogen-bond acceptors (Lipinski definition) is 3. The first-order valence-corrected chi connectivity index (χ1v) is 11.3. The van der Waals surface area contributed by atoms with Crippen molar-refractivity contribution >= 4 is 33.6 Å². The van der Waals surface area contributed by atoms with Gasteiger partial charge in [-0.2, -0.15) is 0 Å². The Morgan fingerprint density at radius 1 is 0.900 bits per heavy atom. The predicted molar refractivity (Wildman–Crippen MR) is 118 cm³/mol. The maximum absolute atomic E-state index is 13.3. The van der Waals surface area contributed by atoms with E-state index in [0.717, 1.165) is 21.0 Å². The Bertz CT molecular complexity index is 1190. The van der Waals surface area contributed by atoms with Gasteiger partial charge in [-0.1, -0.05) is 83.9 Å². The van der Waals surface area contributed by atoms with Gasteiger partial charge in [-0.05, 0) is 42.3 Å². The lowest BCUT2D eigenvalue weighted by atomic mass is 9.84. The quantitative estimate of drug-likeness (QED) is 0.512. The number of carbonyl (C=O) groups excluding carboxylic acids is 1. The third kappa shape index (κ3) is 3.78. The van der Waals surface area contributed by atoms with Crippen LogP contribution in [0.25, 0.3) is 6.08 Å². The molecule has 4 rings (SSSR count). The zero-order valence-corrected chi connectivity index (χ0v) is 17.8. The predicted octanol–water partition coefficient (Wildman–Crippen LogP) is 5.25. The summed E-state index contributed by atoms with van der Waals surface area (Å²) in [6, 6.07) is 22.4. The largest absolute Gasteiger partial charge is 0.273 e. The van der Waals surface area contributed by atoms with Gasteiger partial charge in [-0.25, -0.2) is 12.7 Å². The van der Waals surface area contributed by atoms with E-state index in [9.17, 15) is 13.2 Å². The number of amides is 1. The van der Waals surface area contributed by atoms with Crippen LogP contribution in [0.5, 0.6) is 0 Å². The summed E-state index contributed by atoms with van der Waals surface area (Å²) in [6.45, 7) is 1.88. The minimum absolute atomic E-state index is 0.103. The van der Waals surface area contributed by atoms with E-state index < -0.39 is 27.9 Å². The lowest BCUT2D eigenvalue weighted by molar-refractivity contribution is -0.143. The van der Waals surface area contributed by atoms with E-state index in [-0.39, 0.29) is 4.90 Å². The van der Waals surface area contributed by atoms with Gasteiger partial charge in [-0.3, -0.25) is 4.79 Å². The van der Waals surface area contributed by atoms with Crippen molar-refractivity contribution in [3.8, 4) is 0 Å². The van der Waals surface area contributed by atoms with Gasteiger partial charge in [0.05, 0.1) is 16.9 Å². The second kappa shape index (κ2) is 8.09. The van der Waals surface area contributed by atoms with Crippen molar-refractivity contribution in [2.75, 3.05) is 0 Å². The van der Waals surface area contributed by atoms with Crippen molar-refractivity contribution < 1.29 is 13.2 Å². The summed E-state index contributed by atoms with van der Waals surface area (Å²) in [5.74, 6) is -1.02. The molecule has 1 amide bonds. The van der Waals surface area contributed by atoms with Crippen LogP contribution in [0.3, 0.4) is 0 Å². The number of hydrogen-bond donors (Lipinski definition) is 0. The molecular formula is C24H20ClNO3S. The van der Waals surface area contributed by atoms with Gasteiger partial charge in [0.25, 0.3) is 10.0 Å². The fourth-order valence-electron chi connectivity index (χ4n) is 3.54. The monoisotopic (exact) mass is 437 g/mol. The van der Waals surface area contributed by atoms with Crippen molar-refractivity contribution in [3.63, 3.8) is 0 Å². The van der Waals surface area contributed by atoms with E-state index in [1.165, 1.54) is 12.1 Å². The molecule has 0 aromatic heterocycles. The van der Waals surface area contributed by atoms with Gasteiger partial charge in [-0.15, -0.1) is 0 Å². The van der Waals surface area contributed by atoms with Crippen LogP contribution in [0.15, 0.2) is 89.8 Å². The summed E-state index contributed by atoms with van der Waals surface area (Å²) in [5, 5.41) is 0.550. The molecule has 0 saturated carbocycles. The third-order valence-electron chi connectivity index (χ3n) is 5.18. The maximum atomic E-state index is 13.3. The second-order valence-electron chi connectivity index (χ2n) is 7.24. The topological polar surface area (TPSA) is 54.5 Å². The van der Waals surface area contributed by atoms with E-state index in [2.05, 4.69) is 0 Å². The molecule has 4 nitrogen and oxygen atoms in total. The van der Waals surface area contributed by atoms with Gasteiger partial charge < -0.3 is 0 Å². The molecule has 3 aromatic carbocycles. The molecule has 0 unspecified atom stereocenters. The van der Waals surface area contributed by atoms with Crippen LogP contribution in [0.1, 0.15) is 22.7 Å². The van der Waals surface area contributed by atoms with Crippen LogP contribution in [-0.4, -0.2) is 18.6 Å². The summed E-state index contributed by atoms with van der Waals surface area (Å²) in [6.07, 6.45) is 3.62. The SMILES string of the molecule is Cc1ccc(S(=O)(=O)N2C(=O)[C@@H](/C=C/c3ccccc3)[C@H]2c2ccc(Cl)cc2)cc1. The van der Waals surface area contributed by atoms with Gasteiger partial charge >= 0.3 is 0 Å². The number of aryl methyl sites for hydroxylation is 1. The first-order chi connectivity index (χ1) is 14.4. The number of benzene rings is 3. The van der Waals surface area contributed by atoms with Crippen LogP contribution in [0, 0.1) is 12.8 Å². The molecule has 0 N–H and O–H groups in total. The molecule has 0 aliphatic carbocycles. The first-order valence-electron chi connectivity index (χ1n) is 9.51. The third-order valence-corrected chi connectivity index (χ3v) is 7.22. The summed E-state index contributed by atoms with van der Waals surface area (Å²) >= 11 is 6.01. The molecule has 0 bridgehead atoms. The average molecular weight is 438 g/mol. The Labute approximate surface area is 181 Å². The van der Waals surface area contributed by atoms with Crippen molar-refractivity contribution in [2.45, 2.75) is 17.9 Å². The smallest absolute Gasteiger partial charge is 0.267 e. The zero-order valence-electron chi connectivity index (χ0n) is 16.3. The van der Waals surface area contributed by atoms with Crippen LogP contribution >= 0.6 is 11.6 Å². The highest BCUT2D eigenvalue weighted by molar-refractivity contribution is 7.89. The number of rotatable bonds is 5. The molecule has 6 heteroatoms. The number of nitrogens with zero attached hydrogens (tertiary/aromatic N) is 1. The highest BCUT2D eigenvalue weighted by Gasteiger charge is 2.53. The van der Waals surface area contributed by atoms with E-state index in [1.807, 2.05) is 43.3 Å². The van der Waals surface area contributed by atoms with Crippen molar-refractivity contribution in [3.05, 3.63) is 107 Å². The molecule has 30 heavy (non-hydrogen) atoms. The molecule has 1 heterocycles. The summed E-state index contributed by atoms with van der Waals surface area (Å²) in [4.78, 5) is 13.1. The summed E-state index contributed by atoms with van der Waals surface area (Å²) < 4.78 is 27.5. The van der Waals surface area contributed by atoms with Gasteiger partial charge in [0.15, 0.2) is 0 Å². The number of carbonyl (C=O) groups is 1. The molecule has 1 aliphatic heterocycles. The normalized spacial score (nSPS) is 19.1. The zero-order chi connectivity index (χ0) is 21.3. The average Bonchev–Trinajstić information content (AvgIpc) is 2.74. The van der Waals surface area contributed by atoms with Crippen molar-refractivity contribution in [2.24, 2.45) is 5.92 Å². The molecule has 3 aromatic rings. The molecule has 0 spiro atoms. The number of β-lactam (4-membered cyclic amide) rings is 1. The fourth-order valence-corrected chi connectivity index (χ4v) is 5.29. The van der Waals surface area contributed by atoms with Crippen LogP contribution in [-0.2, 0) is 14.8 Å². The molecule has 1 aliphatic rings. The minimum Gasteiger partial charge on any atom is -0.273 e. The summed E-state index contributed by atoms with van der Waals surface area (Å²) in [5.41, 5.74) is 2.61. The second-order valence-corrected chi connectivity index (χ2v) is 9.50. The Morgan fingerprint density at radius 3 is 2.17 bits per heavy atom. The molecule has 2 atom stereocenters. The van der Waals surface area contributed by atoms with E-state index in [4.69, 9.17) is 11.6 Å². The maximum Gasteiger partial charge on any atom is 0.267 e. The van der Waals surface area contributed by atoms with Crippen LogP contribution in [0.2, 0.25) is 5.02 Å². The fraction of sp³-hybridized carbons (Fsp3) is 0.125. The van der Waals surface area contributed by atoms with Crippen LogP contribution < -0.4 is 0 Å². The molecule has 152 valence electrons. The molecule has 1 fully saturated rings. The standard InChI is InChI=1S/C24H20ClNO3S/c1-17-7-14-21(15-8-17)30(28,29)26-23(19-10-12-20(25)13-11-19)22(24(26)27)16-9-18-5-3-2-4-6-18/h2-16,22-23H,1H3/b16-9+/t22-,23+/m0/s1.